The molecule has 0 aliphatic carbocycles. The van der Waals surface area contributed by atoms with Crippen LogP contribution in [0.4, 0.5) is 0 Å². The van der Waals surface area contributed by atoms with Crippen LogP contribution < -0.4 is 14.8 Å². The van der Waals surface area contributed by atoms with Gasteiger partial charge >= 0.3 is 0 Å². The second kappa shape index (κ2) is 6.77. The van der Waals surface area contributed by atoms with Crippen molar-refractivity contribution in [2.75, 3.05) is 6.79 Å². The highest BCUT2D eigenvalue weighted by Gasteiger charge is 2.18. The van der Waals surface area contributed by atoms with E-state index in [1.807, 2.05) is 37.3 Å². The number of para-hydroxylation sites is 1. The normalized spacial score (nSPS) is 14.1. The number of benzene rings is 2. The summed E-state index contributed by atoms with van der Waals surface area (Å²) >= 11 is 6.14. The van der Waals surface area contributed by atoms with Crippen molar-refractivity contribution in [2.45, 2.75) is 13.0 Å². The van der Waals surface area contributed by atoms with E-state index in [2.05, 4.69) is 5.32 Å². The summed E-state index contributed by atoms with van der Waals surface area (Å²) in [7, 11) is 0. The maximum absolute atomic E-state index is 12.2. The fourth-order valence-electron chi connectivity index (χ4n) is 2.80. The summed E-state index contributed by atoms with van der Waals surface area (Å²) in [4.78, 5) is 12.2. The number of carbonyl (C=O) groups excluding carboxylic acids is 1. The maximum Gasteiger partial charge on any atom is 0.244 e. The molecule has 6 heteroatoms. The van der Waals surface area contributed by atoms with Crippen LogP contribution in [0.1, 0.15) is 24.3 Å². The molecule has 1 amide bonds. The van der Waals surface area contributed by atoms with Gasteiger partial charge in [0.25, 0.3) is 0 Å². The Labute approximate surface area is 155 Å². The lowest BCUT2D eigenvalue weighted by atomic mass is 10.2. The number of carbonyl (C=O) groups is 1. The number of fused-ring (bicyclic) bond motifs is 2. The highest BCUT2D eigenvalue weighted by Crippen LogP contribution is 2.40. The standard InChI is InChI=1S/C20H16ClNO4/c1-12(17-10-14-4-2-3-5-16(14)26-17)22-19(23)7-6-13-8-15(21)20-18(9-13)24-11-25-20/h2-10,12H,11H2,1H3,(H,22,23)/b7-6+. The summed E-state index contributed by atoms with van der Waals surface area (Å²) in [5, 5.41) is 4.35. The zero-order valence-corrected chi connectivity index (χ0v) is 14.7. The predicted molar refractivity (Wildman–Crippen MR) is 99.4 cm³/mol. The lowest BCUT2D eigenvalue weighted by Crippen LogP contribution is -2.24. The summed E-state index contributed by atoms with van der Waals surface area (Å²) in [5.74, 6) is 1.59. The number of hydrogen-bond donors (Lipinski definition) is 1. The summed E-state index contributed by atoms with van der Waals surface area (Å²) < 4.78 is 16.4. The first kappa shape index (κ1) is 16.5. The molecular formula is C20H16ClNO4. The van der Waals surface area contributed by atoms with E-state index in [9.17, 15) is 4.79 Å². The Bertz CT molecular complexity index is 975. The zero-order valence-electron chi connectivity index (χ0n) is 14.0. The third-order valence-corrected chi connectivity index (χ3v) is 4.39. The van der Waals surface area contributed by atoms with Crippen molar-refractivity contribution in [3.05, 3.63) is 64.9 Å². The van der Waals surface area contributed by atoms with Crippen molar-refractivity contribution in [3.63, 3.8) is 0 Å². The van der Waals surface area contributed by atoms with Crippen LogP contribution in [0.2, 0.25) is 5.02 Å². The summed E-state index contributed by atoms with van der Waals surface area (Å²) in [6.45, 7) is 2.03. The van der Waals surface area contributed by atoms with Gasteiger partial charge in [-0.1, -0.05) is 29.8 Å². The molecular weight excluding hydrogens is 354 g/mol. The molecule has 1 N–H and O–H groups in total. The molecule has 0 fully saturated rings. The van der Waals surface area contributed by atoms with Crippen LogP contribution in [-0.4, -0.2) is 12.7 Å². The second-order valence-electron chi connectivity index (χ2n) is 5.99. The Morgan fingerprint density at radius 2 is 2.08 bits per heavy atom. The van der Waals surface area contributed by atoms with Gasteiger partial charge in [-0.25, -0.2) is 0 Å². The van der Waals surface area contributed by atoms with Crippen LogP contribution in [0.3, 0.4) is 0 Å². The largest absolute Gasteiger partial charge is 0.459 e. The number of furan rings is 1. The van der Waals surface area contributed by atoms with Crippen molar-refractivity contribution >= 4 is 34.6 Å². The number of rotatable bonds is 4. The van der Waals surface area contributed by atoms with Crippen LogP contribution in [0, 0.1) is 0 Å². The van der Waals surface area contributed by atoms with E-state index in [1.165, 1.54) is 6.08 Å². The lowest BCUT2D eigenvalue weighted by Gasteiger charge is -2.09. The highest BCUT2D eigenvalue weighted by molar-refractivity contribution is 6.32. The first-order valence-corrected chi connectivity index (χ1v) is 8.54. The van der Waals surface area contributed by atoms with E-state index in [4.69, 9.17) is 25.5 Å². The third kappa shape index (κ3) is 3.26. The van der Waals surface area contributed by atoms with Crippen LogP contribution >= 0.6 is 11.6 Å². The van der Waals surface area contributed by atoms with Gasteiger partial charge in [0, 0.05) is 11.5 Å². The number of ether oxygens (including phenoxy) is 2. The van der Waals surface area contributed by atoms with E-state index >= 15 is 0 Å². The first-order chi connectivity index (χ1) is 12.6. The molecule has 26 heavy (non-hydrogen) atoms. The van der Waals surface area contributed by atoms with E-state index in [0.717, 1.165) is 16.5 Å². The first-order valence-electron chi connectivity index (χ1n) is 8.16. The molecule has 5 nitrogen and oxygen atoms in total. The van der Waals surface area contributed by atoms with Gasteiger partial charge in [0.2, 0.25) is 12.7 Å². The molecule has 3 aromatic rings. The monoisotopic (exact) mass is 369 g/mol. The molecule has 2 aromatic carbocycles. The molecule has 0 saturated carbocycles. The average molecular weight is 370 g/mol. The average Bonchev–Trinajstić information content (AvgIpc) is 3.26. The minimum absolute atomic E-state index is 0.151. The third-order valence-electron chi connectivity index (χ3n) is 4.11. The molecule has 132 valence electrons. The highest BCUT2D eigenvalue weighted by atomic mass is 35.5. The molecule has 1 unspecified atom stereocenters. The lowest BCUT2D eigenvalue weighted by molar-refractivity contribution is -0.117. The summed E-state index contributed by atoms with van der Waals surface area (Å²) in [6.07, 6.45) is 3.13. The molecule has 0 saturated heterocycles. The van der Waals surface area contributed by atoms with Crippen molar-refractivity contribution in [2.24, 2.45) is 0 Å². The number of hydrogen-bond acceptors (Lipinski definition) is 4. The van der Waals surface area contributed by atoms with Crippen LogP contribution in [-0.2, 0) is 4.79 Å². The zero-order chi connectivity index (χ0) is 18.1. The van der Waals surface area contributed by atoms with Gasteiger partial charge in [0.05, 0.1) is 11.1 Å². The van der Waals surface area contributed by atoms with Crippen molar-refractivity contribution in [1.29, 1.82) is 0 Å². The van der Waals surface area contributed by atoms with Gasteiger partial charge in [-0.3, -0.25) is 4.79 Å². The van der Waals surface area contributed by atoms with Crippen molar-refractivity contribution in [3.8, 4) is 11.5 Å². The van der Waals surface area contributed by atoms with E-state index < -0.39 is 0 Å². The fourth-order valence-corrected chi connectivity index (χ4v) is 3.08. The quantitative estimate of drug-likeness (QED) is 0.677. The van der Waals surface area contributed by atoms with Crippen LogP contribution in [0.15, 0.2) is 53.0 Å². The molecule has 1 atom stereocenters. The van der Waals surface area contributed by atoms with Gasteiger partial charge in [0.1, 0.15) is 11.3 Å². The Morgan fingerprint density at radius 1 is 1.23 bits per heavy atom. The minimum Gasteiger partial charge on any atom is -0.459 e. The Hall–Kier alpha value is -2.92. The van der Waals surface area contributed by atoms with Crippen LogP contribution in [0.25, 0.3) is 17.0 Å². The molecule has 1 aliphatic heterocycles. The van der Waals surface area contributed by atoms with E-state index in [0.29, 0.717) is 22.3 Å². The maximum atomic E-state index is 12.2. The number of halogens is 1. The smallest absolute Gasteiger partial charge is 0.244 e. The summed E-state index contributed by atoms with van der Waals surface area (Å²) in [5.41, 5.74) is 1.56. The molecule has 1 aliphatic rings. The molecule has 2 heterocycles. The van der Waals surface area contributed by atoms with E-state index in [1.54, 1.807) is 18.2 Å². The topological polar surface area (TPSA) is 60.7 Å². The second-order valence-corrected chi connectivity index (χ2v) is 6.39. The number of amides is 1. The van der Waals surface area contributed by atoms with E-state index in [-0.39, 0.29) is 18.7 Å². The Morgan fingerprint density at radius 3 is 2.92 bits per heavy atom. The van der Waals surface area contributed by atoms with Gasteiger partial charge in [0.15, 0.2) is 11.5 Å². The fraction of sp³-hybridized carbons (Fsp3) is 0.150. The van der Waals surface area contributed by atoms with Gasteiger partial charge in [-0.05, 0) is 42.8 Å². The molecule has 4 rings (SSSR count). The number of nitrogens with one attached hydrogen (secondary N) is 1. The molecule has 0 radical (unpaired) electrons. The van der Waals surface area contributed by atoms with Gasteiger partial charge in [-0.2, -0.15) is 0 Å². The minimum atomic E-state index is -0.250. The Kier molecular flexibility index (Phi) is 4.31. The molecule has 1 aromatic heterocycles. The van der Waals surface area contributed by atoms with Gasteiger partial charge in [-0.15, -0.1) is 0 Å². The molecule has 0 spiro atoms. The molecule has 0 bridgehead atoms. The Balaban J connectivity index is 1.45. The van der Waals surface area contributed by atoms with Crippen LogP contribution in [0.5, 0.6) is 11.5 Å². The van der Waals surface area contributed by atoms with Crippen molar-refractivity contribution in [1.82, 2.24) is 5.32 Å². The summed E-state index contributed by atoms with van der Waals surface area (Å²) in [6, 6.07) is 12.9. The predicted octanol–water partition coefficient (Wildman–Crippen LogP) is 4.71. The van der Waals surface area contributed by atoms with Crippen molar-refractivity contribution < 1.29 is 18.7 Å². The SMILES string of the molecule is CC(NC(=O)/C=C/c1cc(Cl)c2c(c1)OCO2)c1cc2ccccc2o1. The van der Waals surface area contributed by atoms with Gasteiger partial charge < -0.3 is 19.2 Å².